The maximum atomic E-state index is 12.8. The number of hydrogen-bond donors (Lipinski definition) is 1. The van der Waals surface area contributed by atoms with Crippen molar-refractivity contribution in [3.8, 4) is 0 Å². The molecular weight excluding hydrogens is 292 g/mol. The molecule has 1 N–H and O–H groups in total. The minimum absolute atomic E-state index is 0.0646. The van der Waals surface area contributed by atoms with E-state index in [0.717, 1.165) is 0 Å². The third-order valence-corrected chi connectivity index (χ3v) is 3.34. The molecule has 4 nitrogen and oxygen atoms in total. The van der Waals surface area contributed by atoms with Crippen molar-refractivity contribution in [2.45, 2.75) is 52.0 Å². The molecule has 2 amide bonds. The molecule has 1 rings (SSSR count). The lowest BCUT2D eigenvalue weighted by Gasteiger charge is -2.36. The van der Waals surface area contributed by atoms with Crippen LogP contribution in [0.2, 0.25) is 0 Å². The molecule has 0 unspecified atom stereocenters. The highest BCUT2D eigenvalue weighted by molar-refractivity contribution is 5.84. The van der Waals surface area contributed by atoms with E-state index in [9.17, 15) is 27.2 Å². The monoisotopic (exact) mass is 312 g/mol. The minimum Gasteiger partial charge on any atom is -0.348 e. The van der Waals surface area contributed by atoms with E-state index in [-0.39, 0.29) is 18.7 Å². The Kier molecular flexibility index (Phi) is 5.22. The van der Waals surface area contributed by atoms with E-state index in [1.54, 1.807) is 25.7 Å². The van der Waals surface area contributed by atoms with Crippen molar-refractivity contribution in [3.05, 3.63) is 0 Å². The summed E-state index contributed by atoms with van der Waals surface area (Å²) >= 11 is 0. The van der Waals surface area contributed by atoms with Gasteiger partial charge in [-0.15, -0.1) is 0 Å². The van der Waals surface area contributed by atoms with Crippen molar-refractivity contribution in [2.24, 2.45) is 5.41 Å². The van der Waals surface area contributed by atoms with Crippen molar-refractivity contribution < 1.29 is 27.2 Å². The van der Waals surface area contributed by atoms with Crippen LogP contribution in [0.25, 0.3) is 0 Å². The Bertz CT molecular complexity index is 399. The van der Waals surface area contributed by atoms with Crippen LogP contribution in [0.4, 0.5) is 17.6 Å². The fourth-order valence-corrected chi connectivity index (χ4v) is 2.08. The van der Waals surface area contributed by atoms with Gasteiger partial charge in [-0.3, -0.25) is 9.59 Å². The molecule has 0 aromatic heterocycles. The average molecular weight is 312 g/mol. The van der Waals surface area contributed by atoms with Gasteiger partial charge in [-0.1, -0.05) is 20.8 Å². The molecule has 0 aromatic carbocycles. The summed E-state index contributed by atoms with van der Waals surface area (Å²) < 4.78 is 49.8. The van der Waals surface area contributed by atoms with Gasteiger partial charge in [0, 0.05) is 24.5 Å². The molecule has 0 aromatic rings. The lowest BCUT2D eigenvalue weighted by Crippen LogP contribution is -2.53. The summed E-state index contributed by atoms with van der Waals surface area (Å²) in [7, 11) is 0. The standard InChI is InChI=1S/C13H20F4N2O2/c1-12(2,3)11(21)19-6-4-8(5-7-19)18-10(20)13(16,17)9(14)15/h8-9H,4-7H2,1-3H3,(H,18,20). The van der Waals surface area contributed by atoms with E-state index < -0.39 is 29.7 Å². The molecule has 0 atom stereocenters. The highest BCUT2D eigenvalue weighted by Gasteiger charge is 2.49. The molecule has 1 fully saturated rings. The topological polar surface area (TPSA) is 49.4 Å². The first-order valence-corrected chi connectivity index (χ1v) is 6.72. The second kappa shape index (κ2) is 6.19. The Morgan fingerprint density at radius 1 is 1.14 bits per heavy atom. The summed E-state index contributed by atoms with van der Waals surface area (Å²) in [5.41, 5.74) is -0.543. The van der Waals surface area contributed by atoms with Gasteiger partial charge in [0.15, 0.2) is 0 Å². The summed E-state index contributed by atoms with van der Waals surface area (Å²) in [6, 6.07) is -0.619. The van der Waals surface area contributed by atoms with Gasteiger partial charge in [0.25, 0.3) is 5.91 Å². The highest BCUT2D eigenvalue weighted by atomic mass is 19.3. The van der Waals surface area contributed by atoms with Gasteiger partial charge >= 0.3 is 12.3 Å². The third-order valence-electron chi connectivity index (χ3n) is 3.34. The fraction of sp³-hybridized carbons (Fsp3) is 0.846. The zero-order valence-corrected chi connectivity index (χ0v) is 12.3. The first-order chi connectivity index (χ1) is 9.46. The van der Waals surface area contributed by atoms with Crippen LogP contribution in [0.3, 0.4) is 0 Å². The molecule has 0 bridgehead atoms. The Labute approximate surface area is 120 Å². The summed E-state index contributed by atoms with van der Waals surface area (Å²) in [6.07, 6.45) is -3.49. The molecule has 0 radical (unpaired) electrons. The molecule has 0 saturated carbocycles. The summed E-state index contributed by atoms with van der Waals surface area (Å²) in [5, 5.41) is 1.93. The SMILES string of the molecule is CC(C)(C)C(=O)N1CCC(NC(=O)C(F)(F)C(F)F)CC1. The second-order valence-electron chi connectivity index (χ2n) is 6.21. The molecule has 122 valence electrons. The third kappa shape index (κ3) is 4.31. The molecule has 1 heterocycles. The first-order valence-electron chi connectivity index (χ1n) is 6.72. The lowest BCUT2D eigenvalue weighted by molar-refractivity contribution is -0.170. The molecule has 1 aliphatic rings. The number of piperidine rings is 1. The highest BCUT2D eigenvalue weighted by Crippen LogP contribution is 2.25. The number of carbonyl (C=O) groups excluding carboxylic acids is 2. The molecule has 21 heavy (non-hydrogen) atoms. The van der Waals surface area contributed by atoms with Gasteiger partial charge < -0.3 is 10.2 Å². The van der Waals surface area contributed by atoms with Gasteiger partial charge in [-0.25, -0.2) is 8.78 Å². The zero-order valence-electron chi connectivity index (χ0n) is 12.3. The summed E-state index contributed by atoms with van der Waals surface area (Å²) in [6.45, 7) is 5.92. The maximum Gasteiger partial charge on any atom is 0.383 e. The van der Waals surface area contributed by atoms with Gasteiger partial charge in [0.05, 0.1) is 0 Å². The fourth-order valence-electron chi connectivity index (χ4n) is 2.08. The normalized spacial score (nSPS) is 18.0. The number of rotatable bonds is 3. The van der Waals surface area contributed by atoms with Gasteiger partial charge in [0.1, 0.15) is 0 Å². The van der Waals surface area contributed by atoms with E-state index in [1.165, 1.54) is 0 Å². The number of halogens is 4. The van der Waals surface area contributed by atoms with Gasteiger partial charge in [-0.05, 0) is 12.8 Å². The number of nitrogens with zero attached hydrogens (tertiary/aromatic N) is 1. The van der Waals surface area contributed by atoms with Crippen molar-refractivity contribution in [1.29, 1.82) is 0 Å². The largest absolute Gasteiger partial charge is 0.383 e. The molecule has 0 aliphatic carbocycles. The van der Waals surface area contributed by atoms with Crippen molar-refractivity contribution in [1.82, 2.24) is 10.2 Å². The van der Waals surface area contributed by atoms with E-state index in [4.69, 9.17) is 0 Å². The van der Waals surface area contributed by atoms with E-state index in [1.807, 2.05) is 5.32 Å². The molecule has 8 heteroatoms. The van der Waals surface area contributed by atoms with Crippen molar-refractivity contribution in [2.75, 3.05) is 13.1 Å². The summed E-state index contributed by atoms with van der Waals surface area (Å²) in [4.78, 5) is 24.7. The molecule has 1 aliphatic heterocycles. The van der Waals surface area contributed by atoms with E-state index in [2.05, 4.69) is 0 Å². The van der Waals surface area contributed by atoms with Crippen LogP contribution >= 0.6 is 0 Å². The van der Waals surface area contributed by atoms with Crippen LogP contribution in [0, 0.1) is 5.41 Å². The Morgan fingerprint density at radius 3 is 2.00 bits per heavy atom. The predicted octanol–water partition coefficient (Wildman–Crippen LogP) is 2.04. The van der Waals surface area contributed by atoms with Crippen LogP contribution in [-0.2, 0) is 9.59 Å². The second-order valence-corrected chi connectivity index (χ2v) is 6.21. The van der Waals surface area contributed by atoms with Crippen LogP contribution in [-0.4, -0.2) is 48.2 Å². The Hall–Kier alpha value is -1.34. The Morgan fingerprint density at radius 2 is 1.62 bits per heavy atom. The van der Waals surface area contributed by atoms with Gasteiger partial charge in [-0.2, -0.15) is 8.78 Å². The van der Waals surface area contributed by atoms with Crippen molar-refractivity contribution >= 4 is 11.8 Å². The smallest absolute Gasteiger partial charge is 0.348 e. The van der Waals surface area contributed by atoms with E-state index in [0.29, 0.717) is 13.1 Å². The Balaban J connectivity index is 2.51. The quantitative estimate of drug-likeness (QED) is 0.811. The van der Waals surface area contributed by atoms with Gasteiger partial charge in [0.2, 0.25) is 5.91 Å². The van der Waals surface area contributed by atoms with E-state index >= 15 is 0 Å². The molecule has 0 spiro atoms. The predicted molar refractivity (Wildman–Crippen MR) is 68.2 cm³/mol. The lowest BCUT2D eigenvalue weighted by atomic mass is 9.93. The maximum absolute atomic E-state index is 12.8. The first kappa shape index (κ1) is 17.7. The number of amides is 2. The molecule has 1 saturated heterocycles. The number of alkyl halides is 4. The van der Waals surface area contributed by atoms with Crippen LogP contribution in [0.15, 0.2) is 0 Å². The number of hydrogen-bond acceptors (Lipinski definition) is 2. The minimum atomic E-state index is -4.68. The average Bonchev–Trinajstić information content (AvgIpc) is 2.37. The van der Waals surface area contributed by atoms with Crippen LogP contribution < -0.4 is 5.32 Å². The number of nitrogens with one attached hydrogen (secondary N) is 1. The van der Waals surface area contributed by atoms with Crippen molar-refractivity contribution in [3.63, 3.8) is 0 Å². The summed E-state index contributed by atoms with van der Waals surface area (Å²) in [5.74, 6) is -6.71. The molecular formula is C13H20F4N2O2. The zero-order chi connectivity index (χ0) is 16.4. The number of likely N-dealkylation sites (tertiary alicyclic amines) is 1. The number of carbonyl (C=O) groups is 2. The van der Waals surface area contributed by atoms with Crippen LogP contribution in [0.5, 0.6) is 0 Å². The van der Waals surface area contributed by atoms with Crippen LogP contribution in [0.1, 0.15) is 33.6 Å².